The largest absolute Gasteiger partial charge is 0.350 e. The third-order valence-corrected chi connectivity index (χ3v) is 7.28. The molecule has 0 bridgehead atoms. The van der Waals surface area contributed by atoms with Gasteiger partial charge in [-0.3, -0.25) is 13.9 Å². The van der Waals surface area contributed by atoms with Gasteiger partial charge in [0, 0.05) is 35.1 Å². The molecule has 1 atom stereocenters. The number of carbonyl (C=O) groups excluding carboxylic acids is 2. The number of aryl methyl sites for hydroxylation is 1. The van der Waals surface area contributed by atoms with Crippen LogP contribution in [0.25, 0.3) is 0 Å². The molecular weight excluding hydrogens is 521 g/mol. The molecule has 0 aliphatic heterocycles. The monoisotopic (exact) mass is 555 g/mol. The van der Waals surface area contributed by atoms with Crippen LogP contribution in [0.5, 0.6) is 0 Å². The van der Waals surface area contributed by atoms with Crippen molar-refractivity contribution < 1.29 is 18.0 Å². The molecule has 2 aromatic rings. The Kier molecular flexibility index (Phi) is 10.2. The van der Waals surface area contributed by atoms with Crippen LogP contribution in [0.1, 0.15) is 51.7 Å². The highest BCUT2D eigenvalue weighted by molar-refractivity contribution is 7.92. The third kappa shape index (κ3) is 8.98. The maximum atomic E-state index is 13.4. The van der Waals surface area contributed by atoms with Crippen molar-refractivity contribution >= 4 is 50.7 Å². The van der Waals surface area contributed by atoms with Crippen LogP contribution < -0.4 is 9.62 Å². The molecule has 2 amide bonds. The smallest absolute Gasteiger partial charge is 0.242 e. The van der Waals surface area contributed by atoms with E-state index >= 15 is 0 Å². The zero-order chi connectivity index (χ0) is 27.3. The molecule has 7 nitrogen and oxygen atoms in total. The summed E-state index contributed by atoms with van der Waals surface area (Å²) in [6.07, 6.45) is 1.47. The first-order valence-corrected chi connectivity index (χ1v) is 14.3. The topological polar surface area (TPSA) is 86.8 Å². The lowest BCUT2D eigenvalue weighted by Gasteiger charge is -2.32. The Labute approximate surface area is 224 Å². The van der Waals surface area contributed by atoms with E-state index in [1.165, 1.54) is 9.21 Å². The number of carbonyl (C=O) groups is 2. The van der Waals surface area contributed by atoms with E-state index in [2.05, 4.69) is 5.32 Å². The van der Waals surface area contributed by atoms with Gasteiger partial charge in [0.2, 0.25) is 21.8 Å². The number of anilines is 1. The van der Waals surface area contributed by atoms with Crippen molar-refractivity contribution in [3.63, 3.8) is 0 Å². The molecule has 0 fully saturated rings. The molecule has 0 aromatic heterocycles. The lowest BCUT2D eigenvalue weighted by atomic mass is 10.1. The van der Waals surface area contributed by atoms with Crippen molar-refractivity contribution in [2.24, 2.45) is 0 Å². The molecule has 0 aliphatic carbocycles. The minimum atomic E-state index is -3.54. The van der Waals surface area contributed by atoms with Gasteiger partial charge in [0.25, 0.3) is 0 Å². The van der Waals surface area contributed by atoms with Gasteiger partial charge in [-0.05, 0) is 70.9 Å². The first-order valence-electron chi connectivity index (χ1n) is 11.7. The Morgan fingerprint density at radius 2 is 1.67 bits per heavy atom. The SMILES string of the molecule is Cc1ccc(N(CCCC(=O)N(Cc2ccc(Cl)cc2Cl)[C@@H](C)C(=O)NC(C)(C)C)S(C)(=O)=O)cc1. The Bertz CT molecular complexity index is 1180. The molecule has 10 heteroatoms. The summed E-state index contributed by atoms with van der Waals surface area (Å²) >= 11 is 12.4. The lowest BCUT2D eigenvalue weighted by molar-refractivity contribution is -0.141. The number of nitrogens with zero attached hydrogens (tertiary/aromatic N) is 2. The number of hydrogen-bond donors (Lipinski definition) is 1. The summed E-state index contributed by atoms with van der Waals surface area (Å²) in [5.41, 5.74) is 1.74. The minimum absolute atomic E-state index is 0.0518. The summed E-state index contributed by atoms with van der Waals surface area (Å²) in [5.74, 6) is -0.576. The van der Waals surface area contributed by atoms with Crippen LogP contribution in [0.15, 0.2) is 42.5 Å². The van der Waals surface area contributed by atoms with E-state index in [1.54, 1.807) is 37.3 Å². The number of halogens is 2. The molecule has 1 N–H and O–H groups in total. The molecule has 2 aromatic carbocycles. The quantitative estimate of drug-likeness (QED) is 0.437. The van der Waals surface area contributed by atoms with Crippen molar-refractivity contribution in [2.75, 3.05) is 17.1 Å². The maximum absolute atomic E-state index is 13.4. The van der Waals surface area contributed by atoms with Crippen molar-refractivity contribution in [1.82, 2.24) is 10.2 Å². The van der Waals surface area contributed by atoms with E-state index in [9.17, 15) is 18.0 Å². The van der Waals surface area contributed by atoms with Gasteiger partial charge in [0.1, 0.15) is 6.04 Å². The van der Waals surface area contributed by atoms with E-state index in [1.807, 2.05) is 39.8 Å². The molecule has 0 unspecified atom stereocenters. The summed E-state index contributed by atoms with van der Waals surface area (Å²) in [6, 6.07) is 11.4. The summed E-state index contributed by atoms with van der Waals surface area (Å²) in [7, 11) is -3.54. The first-order chi connectivity index (χ1) is 16.6. The van der Waals surface area contributed by atoms with Crippen LogP contribution in [0.2, 0.25) is 10.0 Å². The molecule has 36 heavy (non-hydrogen) atoms. The van der Waals surface area contributed by atoms with Crippen LogP contribution in [-0.4, -0.2) is 49.5 Å². The van der Waals surface area contributed by atoms with Gasteiger partial charge in [0.05, 0.1) is 11.9 Å². The Balaban J connectivity index is 2.22. The lowest BCUT2D eigenvalue weighted by Crippen LogP contribution is -2.52. The average Bonchev–Trinajstić information content (AvgIpc) is 2.74. The van der Waals surface area contributed by atoms with Gasteiger partial charge in [-0.1, -0.05) is 47.0 Å². The summed E-state index contributed by atoms with van der Waals surface area (Å²) in [4.78, 5) is 27.7. The van der Waals surface area contributed by atoms with Gasteiger partial charge in [-0.15, -0.1) is 0 Å². The molecule has 0 saturated carbocycles. The van der Waals surface area contributed by atoms with Crippen LogP contribution in [0, 0.1) is 6.92 Å². The predicted octanol–water partition coefficient (Wildman–Crippen LogP) is 5.18. The van der Waals surface area contributed by atoms with E-state index < -0.39 is 21.6 Å². The second kappa shape index (κ2) is 12.3. The molecule has 0 heterocycles. The summed E-state index contributed by atoms with van der Waals surface area (Å²) in [5, 5.41) is 3.77. The van der Waals surface area contributed by atoms with Crippen LogP contribution in [-0.2, 0) is 26.2 Å². The highest BCUT2D eigenvalue weighted by Gasteiger charge is 2.29. The Morgan fingerprint density at radius 1 is 1.06 bits per heavy atom. The highest BCUT2D eigenvalue weighted by atomic mass is 35.5. The van der Waals surface area contributed by atoms with Gasteiger partial charge in [0.15, 0.2) is 0 Å². The second-order valence-corrected chi connectivity index (χ2v) is 12.7. The van der Waals surface area contributed by atoms with E-state index in [0.717, 1.165) is 11.8 Å². The predicted molar refractivity (Wildman–Crippen MR) is 147 cm³/mol. The average molecular weight is 557 g/mol. The van der Waals surface area contributed by atoms with Crippen molar-refractivity contribution in [1.29, 1.82) is 0 Å². The number of sulfonamides is 1. The zero-order valence-corrected chi connectivity index (χ0v) is 24.0. The molecule has 0 aliphatic rings. The molecule has 198 valence electrons. The molecule has 2 rings (SSSR count). The normalized spacial score (nSPS) is 12.7. The minimum Gasteiger partial charge on any atom is -0.350 e. The van der Waals surface area contributed by atoms with Gasteiger partial charge < -0.3 is 10.2 Å². The first kappa shape index (κ1) is 29.9. The second-order valence-electron chi connectivity index (χ2n) is 9.95. The van der Waals surface area contributed by atoms with Crippen LogP contribution in [0.4, 0.5) is 5.69 Å². The Morgan fingerprint density at radius 3 is 2.19 bits per heavy atom. The van der Waals surface area contributed by atoms with E-state index in [0.29, 0.717) is 21.3 Å². The van der Waals surface area contributed by atoms with Crippen molar-refractivity contribution in [3.05, 3.63) is 63.6 Å². The number of hydrogen-bond acceptors (Lipinski definition) is 4. The maximum Gasteiger partial charge on any atom is 0.242 e. The van der Waals surface area contributed by atoms with Gasteiger partial charge in [-0.25, -0.2) is 8.42 Å². The third-order valence-electron chi connectivity index (χ3n) is 5.50. The van der Waals surface area contributed by atoms with Gasteiger partial charge in [-0.2, -0.15) is 0 Å². The fourth-order valence-corrected chi connectivity index (χ4v) is 5.04. The van der Waals surface area contributed by atoms with Crippen LogP contribution >= 0.6 is 23.2 Å². The van der Waals surface area contributed by atoms with E-state index in [4.69, 9.17) is 23.2 Å². The number of rotatable bonds is 10. The zero-order valence-electron chi connectivity index (χ0n) is 21.6. The summed E-state index contributed by atoms with van der Waals surface area (Å²) < 4.78 is 26.1. The number of nitrogens with one attached hydrogen (secondary N) is 1. The molecule has 0 spiro atoms. The summed E-state index contributed by atoms with van der Waals surface area (Å²) in [6.45, 7) is 9.43. The van der Waals surface area contributed by atoms with Crippen molar-refractivity contribution in [3.8, 4) is 0 Å². The number of benzene rings is 2. The fourth-order valence-electron chi connectivity index (χ4n) is 3.61. The van der Waals surface area contributed by atoms with Crippen LogP contribution in [0.3, 0.4) is 0 Å². The van der Waals surface area contributed by atoms with Crippen molar-refractivity contribution in [2.45, 2.75) is 65.6 Å². The Hall–Kier alpha value is -2.29. The fraction of sp³-hybridized carbons (Fsp3) is 0.462. The highest BCUT2D eigenvalue weighted by Crippen LogP contribution is 2.24. The number of amides is 2. The molecular formula is C26H35Cl2N3O4S. The van der Waals surface area contributed by atoms with E-state index in [-0.39, 0.29) is 37.7 Å². The molecule has 0 saturated heterocycles. The molecule has 0 radical (unpaired) electrons. The van der Waals surface area contributed by atoms with Gasteiger partial charge >= 0.3 is 0 Å². The standard InChI is InChI=1S/C26H35Cl2N3O4S/c1-18-9-13-22(14-10-18)31(36(6,34)35)15-7-8-24(32)30(19(2)25(33)29-26(3,4)5)17-20-11-12-21(27)16-23(20)28/h9-14,16,19H,7-8,15,17H2,1-6H3,(H,29,33)/t19-/m0/s1.